The first-order valence-electron chi connectivity index (χ1n) is 7.26. The van der Waals surface area contributed by atoms with E-state index in [4.69, 9.17) is 5.73 Å². The van der Waals surface area contributed by atoms with Gasteiger partial charge >= 0.3 is 0 Å². The molecule has 2 unspecified atom stereocenters. The van der Waals surface area contributed by atoms with Gasteiger partial charge in [-0.15, -0.1) is 11.8 Å². The number of halogens is 1. The molecular weight excluding hydrogens is 281 g/mol. The van der Waals surface area contributed by atoms with Crippen LogP contribution in [0.4, 0.5) is 4.39 Å². The summed E-state index contributed by atoms with van der Waals surface area (Å²) in [5.74, 6) is -0.209. The van der Waals surface area contributed by atoms with E-state index in [9.17, 15) is 4.39 Å². The van der Waals surface area contributed by atoms with E-state index >= 15 is 0 Å². The molecule has 0 radical (unpaired) electrons. The minimum atomic E-state index is -0.209. The summed E-state index contributed by atoms with van der Waals surface area (Å²) in [6, 6.07) is 13.2. The van der Waals surface area contributed by atoms with Gasteiger partial charge in [-0.1, -0.05) is 25.1 Å². The van der Waals surface area contributed by atoms with Crippen molar-refractivity contribution < 1.29 is 4.39 Å². The molecule has 112 valence electrons. The zero-order valence-electron chi connectivity index (χ0n) is 12.8. The van der Waals surface area contributed by atoms with Crippen LogP contribution >= 0.6 is 11.8 Å². The molecule has 0 aromatic heterocycles. The molecular formula is C18H22FNS. The van der Waals surface area contributed by atoms with Gasteiger partial charge in [-0.05, 0) is 61.2 Å². The van der Waals surface area contributed by atoms with Crippen LogP contribution in [-0.2, 0) is 0 Å². The molecule has 0 heterocycles. The van der Waals surface area contributed by atoms with E-state index in [2.05, 4.69) is 39.0 Å². The van der Waals surface area contributed by atoms with Crippen LogP contribution in [-0.4, -0.2) is 6.04 Å². The van der Waals surface area contributed by atoms with Crippen LogP contribution in [0, 0.1) is 19.7 Å². The maximum Gasteiger partial charge on any atom is 0.123 e. The van der Waals surface area contributed by atoms with Crippen molar-refractivity contribution in [2.24, 2.45) is 5.73 Å². The molecule has 1 nitrogen and oxygen atoms in total. The maximum atomic E-state index is 13.1. The lowest BCUT2D eigenvalue weighted by Crippen LogP contribution is -2.25. The second kappa shape index (κ2) is 7.10. The minimum Gasteiger partial charge on any atom is -0.326 e. The first-order chi connectivity index (χ1) is 10.0. The van der Waals surface area contributed by atoms with Crippen molar-refractivity contribution >= 4 is 11.8 Å². The molecule has 2 aromatic carbocycles. The van der Waals surface area contributed by atoms with Crippen molar-refractivity contribution in [3.05, 3.63) is 65.0 Å². The van der Waals surface area contributed by atoms with E-state index in [1.807, 2.05) is 12.1 Å². The Bertz CT molecular complexity index is 595. The third-order valence-electron chi connectivity index (χ3n) is 3.80. The van der Waals surface area contributed by atoms with E-state index in [-0.39, 0.29) is 17.1 Å². The molecule has 21 heavy (non-hydrogen) atoms. The van der Waals surface area contributed by atoms with Crippen LogP contribution in [0.2, 0.25) is 0 Å². The molecule has 0 amide bonds. The monoisotopic (exact) mass is 303 g/mol. The van der Waals surface area contributed by atoms with Gasteiger partial charge in [0.05, 0.1) is 0 Å². The number of hydrogen-bond donors (Lipinski definition) is 1. The van der Waals surface area contributed by atoms with E-state index in [0.29, 0.717) is 0 Å². The zero-order chi connectivity index (χ0) is 15.4. The summed E-state index contributed by atoms with van der Waals surface area (Å²) in [7, 11) is 0. The van der Waals surface area contributed by atoms with Gasteiger partial charge < -0.3 is 5.73 Å². The Kier molecular flexibility index (Phi) is 5.43. The summed E-state index contributed by atoms with van der Waals surface area (Å²) in [4.78, 5) is 1.20. The molecule has 0 spiro atoms. The molecule has 0 saturated heterocycles. The van der Waals surface area contributed by atoms with Gasteiger partial charge in [-0.2, -0.15) is 0 Å². The van der Waals surface area contributed by atoms with E-state index < -0.39 is 0 Å². The van der Waals surface area contributed by atoms with Crippen LogP contribution in [0.15, 0.2) is 47.4 Å². The number of aryl methyl sites for hydroxylation is 2. The normalized spacial score (nSPS) is 14.0. The Hall–Kier alpha value is -1.32. The summed E-state index contributed by atoms with van der Waals surface area (Å²) in [5, 5.41) is 0.137. The van der Waals surface area contributed by atoms with E-state index in [1.165, 1.54) is 28.2 Å². The van der Waals surface area contributed by atoms with Crippen molar-refractivity contribution in [2.75, 3.05) is 0 Å². The number of hydrogen-bond acceptors (Lipinski definition) is 2. The van der Waals surface area contributed by atoms with Crippen molar-refractivity contribution in [2.45, 2.75) is 43.4 Å². The smallest absolute Gasteiger partial charge is 0.123 e. The molecule has 0 bridgehead atoms. The summed E-state index contributed by atoms with van der Waals surface area (Å²) in [6.07, 6.45) is 0.889. The first-order valence-corrected chi connectivity index (χ1v) is 8.14. The van der Waals surface area contributed by atoms with Gasteiger partial charge in [0.1, 0.15) is 5.82 Å². The molecule has 2 rings (SSSR count). The van der Waals surface area contributed by atoms with E-state index in [0.717, 1.165) is 12.0 Å². The predicted molar refractivity (Wildman–Crippen MR) is 89.2 cm³/mol. The Labute approximate surface area is 130 Å². The average Bonchev–Trinajstić information content (AvgIpc) is 2.48. The highest BCUT2D eigenvalue weighted by Gasteiger charge is 2.20. The SMILES string of the molecule is CCC(N)C(Sc1ccc(C)c(C)c1)c1ccc(F)cc1. The lowest BCUT2D eigenvalue weighted by atomic mass is 10.0. The standard InChI is InChI=1S/C18H22FNS/c1-4-17(20)18(14-6-8-15(19)9-7-14)21-16-10-5-12(2)13(3)11-16/h5-11,17-18H,4,20H2,1-3H3. The third kappa shape index (κ3) is 4.08. The predicted octanol–water partition coefficient (Wildman–Crippen LogP) is 5.01. The van der Waals surface area contributed by atoms with Gasteiger partial charge in [0.25, 0.3) is 0 Å². The summed E-state index contributed by atoms with van der Waals surface area (Å²) in [5.41, 5.74) is 9.94. The molecule has 2 aromatic rings. The lowest BCUT2D eigenvalue weighted by Gasteiger charge is -2.23. The Morgan fingerprint density at radius 1 is 1.05 bits per heavy atom. The number of nitrogens with two attached hydrogens (primary N) is 1. The number of thioether (sulfide) groups is 1. The summed E-state index contributed by atoms with van der Waals surface area (Å²) in [6.45, 7) is 6.31. The van der Waals surface area contributed by atoms with Gasteiger partial charge in [-0.3, -0.25) is 0 Å². The molecule has 2 N–H and O–H groups in total. The lowest BCUT2D eigenvalue weighted by molar-refractivity contribution is 0.618. The third-order valence-corrected chi connectivity index (χ3v) is 5.20. The second-order valence-electron chi connectivity index (χ2n) is 5.41. The quantitative estimate of drug-likeness (QED) is 0.785. The number of rotatable bonds is 5. The Morgan fingerprint density at radius 3 is 2.29 bits per heavy atom. The van der Waals surface area contributed by atoms with E-state index in [1.54, 1.807) is 11.8 Å². The van der Waals surface area contributed by atoms with Crippen molar-refractivity contribution in [3.8, 4) is 0 Å². The highest BCUT2D eigenvalue weighted by Crippen LogP contribution is 2.38. The molecule has 0 saturated carbocycles. The molecule has 2 atom stereocenters. The highest BCUT2D eigenvalue weighted by atomic mass is 32.2. The van der Waals surface area contributed by atoms with Crippen molar-refractivity contribution in [3.63, 3.8) is 0 Å². The maximum absolute atomic E-state index is 13.1. The fourth-order valence-electron chi connectivity index (χ4n) is 2.20. The first kappa shape index (κ1) is 16.1. The molecule has 0 aliphatic rings. The molecule has 0 aliphatic carbocycles. The molecule has 3 heteroatoms. The number of benzene rings is 2. The highest BCUT2D eigenvalue weighted by molar-refractivity contribution is 7.99. The zero-order valence-corrected chi connectivity index (χ0v) is 13.6. The van der Waals surface area contributed by atoms with Crippen molar-refractivity contribution in [1.29, 1.82) is 0 Å². The van der Waals surface area contributed by atoms with Crippen LogP contribution in [0.5, 0.6) is 0 Å². The minimum absolute atomic E-state index is 0.0436. The van der Waals surface area contributed by atoms with Crippen molar-refractivity contribution in [1.82, 2.24) is 0 Å². The molecule has 0 fully saturated rings. The molecule has 0 aliphatic heterocycles. The Balaban J connectivity index is 2.28. The van der Waals surface area contributed by atoms with Gasteiger partial charge in [0.15, 0.2) is 0 Å². The van der Waals surface area contributed by atoms with Crippen LogP contribution in [0.1, 0.15) is 35.3 Å². The summed E-state index contributed by atoms with van der Waals surface area (Å²) < 4.78 is 13.1. The van der Waals surface area contributed by atoms with Crippen LogP contribution in [0.3, 0.4) is 0 Å². The van der Waals surface area contributed by atoms with Gasteiger partial charge in [0, 0.05) is 16.2 Å². The van der Waals surface area contributed by atoms with Crippen LogP contribution in [0.25, 0.3) is 0 Å². The van der Waals surface area contributed by atoms with Gasteiger partial charge in [0.2, 0.25) is 0 Å². The summed E-state index contributed by atoms with van der Waals surface area (Å²) >= 11 is 1.76. The Morgan fingerprint density at radius 2 is 1.71 bits per heavy atom. The topological polar surface area (TPSA) is 26.0 Å². The average molecular weight is 303 g/mol. The fourth-order valence-corrected chi connectivity index (χ4v) is 3.55. The van der Waals surface area contributed by atoms with Gasteiger partial charge in [-0.25, -0.2) is 4.39 Å². The largest absolute Gasteiger partial charge is 0.326 e. The fraction of sp³-hybridized carbons (Fsp3) is 0.333. The van der Waals surface area contributed by atoms with Crippen LogP contribution < -0.4 is 5.73 Å². The second-order valence-corrected chi connectivity index (χ2v) is 6.62.